The molecular formula is C11H11ClN4O2S. The van der Waals surface area contributed by atoms with Crippen LogP contribution in [0.4, 0.5) is 5.69 Å². The van der Waals surface area contributed by atoms with Crippen LogP contribution in [0.25, 0.3) is 0 Å². The van der Waals surface area contributed by atoms with E-state index in [1.807, 2.05) is 0 Å². The monoisotopic (exact) mass is 298 g/mol. The SMILES string of the molecule is Nc1cc(Cl)ccc1S(=O)(=O)NCc1cccnn1. The summed E-state index contributed by atoms with van der Waals surface area (Å²) in [5.41, 5.74) is 6.25. The first kappa shape index (κ1) is 13.7. The maximum Gasteiger partial charge on any atom is 0.242 e. The van der Waals surface area contributed by atoms with Crippen molar-refractivity contribution in [3.63, 3.8) is 0 Å². The maximum atomic E-state index is 12.1. The Morgan fingerprint density at radius 3 is 2.74 bits per heavy atom. The number of benzene rings is 1. The standard InChI is InChI=1S/C11H11ClN4O2S/c12-8-3-4-11(10(13)6-8)19(17,18)15-7-9-2-1-5-14-16-9/h1-6,15H,7,13H2. The molecule has 2 aromatic rings. The normalized spacial score (nSPS) is 11.4. The average molecular weight is 299 g/mol. The van der Waals surface area contributed by atoms with Crippen molar-refractivity contribution in [1.82, 2.24) is 14.9 Å². The van der Waals surface area contributed by atoms with Crippen LogP contribution in [0.5, 0.6) is 0 Å². The van der Waals surface area contributed by atoms with E-state index in [4.69, 9.17) is 17.3 Å². The van der Waals surface area contributed by atoms with Crippen LogP contribution >= 0.6 is 11.6 Å². The molecule has 0 amide bonds. The van der Waals surface area contributed by atoms with Crippen molar-refractivity contribution >= 4 is 27.3 Å². The lowest BCUT2D eigenvalue weighted by atomic mass is 10.3. The molecule has 0 spiro atoms. The number of nitrogens with two attached hydrogens (primary N) is 1. The molecular weight excluding hydrogens is 288 g/mol. The Labute approximate surface area is 115 Å². The van der Waals surface area contributed by atoms with Crippen molar-refractivity contribution in [2.24, 2.45) is 0 Å². The van der Waals surface area contributed by atoms with E-state index in [1.165, 1.54) is 24.4 Å². The van der Waals surface area contributed by atoms with Crippen LogP contribution in [0.1, 0.15) is 5.69 Å². The molecule has 3 N–H and O–H groups in total. The van der Waals surface area contributed by atoms with Gasteiger partial charge in [0.1, 0.15) is 4.90 Å². The third-order valence-electron chi connectivity index (χ3n) is 2.33. The molecule has 0 unspecified atom stereocenters. The fourth-order valence-corrected chi connectivity index (χ4v) is 2.73. The van der Waals surface area contributed by atoms with Gasteiger partial charge >= 0.3 is 0 Å². The van der Waals surface area contributed by atoms with Gasteiger partial charge in [0.15, 0.2) is 0 Å². The van der Waals surface area contributed by atoms with Crippen LogP contribution in [-0.2, 0) is 16.6 Å². The molecule has 19 heavy (non-hydrogen) atoms. The molecule has 6 nitrogen and oxygen atoms in total. The Hall–Kier alpha value is -1.70. The molecule has 100 valence electrons. The predicted octanol–water partition coefficient (Wildman–Crippen LogP) is 1.19. The maximum absolute atomic E-state index is 12.1. The number of aromatic nitrogens is 2. The van der Waals surface area contributed by atoms with Crippen molar-refractivity contribution < 1.29 is 8.42 Å². The smallest absolute Gasteiger partial charge is 0.242 e. The zero-order valence-electron chi connectivity index (χ0n) is 9.75. The number of hydrogen-bond acceptors (Lipinski definition) is 5. The lowest BCUT2D eigenvalue weighted by Crippen LogP contribution is -2.24. The summed E-state index contributed by atoms with van der Waals surface area (Å²) in [7, 11) is -3.71. The molecule has 2 rings (SSSR count). The van der Waals surface area contributed by atoms with E-state index in [-0.39, 0.29) is 17.1 Å². The van der Waals surface area contributed by atoms with Gasteiger partial charge in [-0.25, -0.2) is 13.1 Å². The number of sulfonamides is 1. The van der Waals surface area contributed by atoms with Crippen LogP contribution in [0, 0.1) is 0 Å². The molecule has 1 heterocycles. The van der Waals surface area contributed by atoms with Gasteiger partial charge in [0.05, 0.1) is 17.9 Å². The minimum absolute atomic E-state index is 0.0132. The fourth-order valence-electron chi connectivity index (χ4n) is 1.44. The third kappa shape index (κ3) is 3.40. The topological polar surface area (TPSA) is 98.0 Å². The van der Waals surface area contributed by atoms with Gasteiger partial charge in [0.2, 0.25) is 10.0 Å². The largest absolute Gasteiger partial charge is 0.398 e. The highest BCUT2D eigenvalue weighted by atomic mass is 35.5. The van der Waals surface area contributed by atoms with Crippen molar-refractivity contribution in [3.05, 3.63) is 47.2 Å². The molecule has 1 aromatic heterocycles. The minimum Gasteiger partial charge on any atom is -0.398 e. The third-order valence-corrected chi connectivity index (χ3v) is 4.04. The predicted molar refractivity (Wildman–Crippen MR) is 71.9 cm³/mol. The minimum atomic E-state index is -3.71. The number of halogens is 1. The first-order valence-electron chi connectivity index (χ1n) is 5.30. The number of anilines is 1. The molecule has 0 aliphatic heterocycles. The summed E-state index contributed by atoms with van der Waals surface area (Å²) in [5.74, 6) is 0. The summed E-state index contributed by atoms with van der Waals surface area (Å²) >= 11 is 5.73. The number of nitrogen functional groups attached to an aromatic ring is 1. The van der Waals surface area contributed by atoms with Gasteiger partial charge in [-0.3, -0.25) is 0 Å². The van der Waals surface area contributed by atoms with E-state index in [9.17, 15) is 8.42 Å². The number of rotatable bonds is 4. The second kappa shape index (κ2) is 5.52. The number of hydrogen-bond donors (Lipinski definition) is 2. The van der Waals surface area contributed by atoms with Crippen LogP contribution in [0.15, 0.2) is 41.4 Å². The molecule has 1 aromatic carbocycles. The van der Waals surface area contributed by atoms with Crippen molar-refractivity contribution in [1.29, 1.82) is 0 Å². The second-order valence-electron chi connectivity index (χ2n) is 3.72. The zero-order valence-corrected chi connectivity index (χ0v) is 11.3. The van der Waals surface area contributed by atoms with Crippen LogP contribution in [0.2, 0.25) is 5.02 Å². The Balaban J connectivity index is 2.19. The van der Waals surface area contributed by atoms with E-state index < -0.39 is 10.0 Å². The lowest BCUT2D eigenvalue weighted by Gasteiger charge is -2.08. The molecule has 0 aliphatic rings. The highest BCUT2D eigenvalue weighted by molar-refractivity contribution is 7.89. The second-order valence-corrected chi connectivity index (χ2v) is 5.89. The summed E-state index contributed by atoms with van der Waals surface area (Å²) in [4.78, 5) is -0.0132. The van der Waals surface area contributed by atoms with Gasteiger partial charge in [0, 0.05) is 11.2 Å². The first-order valence-corrected chi connectivity index (χ1v) is 7.16. The van der Waals surface area contributed by atoms with E-state index in [0.29, 0.717) is 10.7 Å². The summed E-state index contributed by atoms with van der Waals surface area (Å²) in [6, 6.07) is 7.55. The van der Waals surface area contributed by atoms with Gasteiger partial charge in [-0.05, 0) is 30.3 Å². The quantitative estimate of drug-likeness (QED) is 0.826. The zero-order chi connectivity index (χ0) is 13.9. The van der Waals surface area contributed by atoms with Crippen molar-refractivity contribution in [3.8, 4) is 0 Å². The molecule has 0 aliphatic carbocycles. The molecule has 0 fully saturated rings. The van der Waals surface area contributed by atoms with Gasteiger partial charge in [-0.2, -0.15) is 10.2 Å². The van der Waals surface area contributed by atoms with Crippen molar-refractivity contribution in [2.45, 2.75) is 11.4 Å². The Morgan fingerprint density at radius 1 is 1.32 bits per heavy atom. The van der Waals surface area contributed by atoms with Crippen molar-refractivity contribution in [2.75, 3.05) is 5.73 Å². The molecule has 0 bridgehead atoms. The van der Waals surface area contributed by atoms with E-state index >= 15 is 0 Å². The average Bonchev–Trinajstić information content (AvgIpc) is 2.37. The van der Waals surface area contributed by atoms with Gasteiger partial charge in [0.25, 0.3) is 0 Å². The van der Waals surface area contributed by atoms with Crippen LogP contribution < -0.4 is 10.5 Å². The lowest BCUT2D eigenvalue weighted by molar-refractivity contribution is 0.580. The van der Waals surface area contributed by atoms with Crippen LogP contribution in [-0.4, -0.2) is 18.6 Å². The van der Waals surface area contributed by atoms with Crippen LogP contribution in [0.3, 0.4) is 0 Å². The van der Waals surface area contributed by atoms with Gasteiger partial charge in [-0.15, -0.1) is 0 Å². The summed E-state index contributed by atoms with van der Waals surface area (Å²) in [6.07, 6.45) is 1.51. The van der Waals surface area contributed by atoms with E-state index in [0.717, 1.165) is 0 Å². The fraction of sp³-hybridized carbons (Fsp3) is 0.0909. The number of nitrogens with zero attached hydrogens (tertiary/aromatic N) is 2. The molecule has 0 atom stereocenters. The summed E-state index contributed by atoms with van der Waals surface area (Å²) in [5, 5.41) is 7.82. The van der Waals surface area contributed by atoms with Gasteiger partial charge in [-0.1, -0.05) is 11.6 Å². The Bertz CT molecular complexity index is 676. The molecule has 0 radical (unpaired) electrons. The molecule has 0 saturated carbocycles. The summed E-state index contributed by atoms with van der Waals surface area (Å²) in [6.45, 7) is 0.0399. The molecule has 8 heteroatoms. The highest BCUT2D eigenvalue weighted by Gasteiger charge is 2.17. The first-order chi connectivity index (χ1) is 8.99. The van der Waals surface area contributed by atoms with Gasteiger partial charge < -0.3 is 5.73 Å². The summed E-state index contributed by atoms with van der Waals surface area (Å²) < 4.78 is 26.5. The Morgan fingerprint density at radius 2 is 2.11 bits per heavy atom. The Kier molecular flexibility index (Phi) is 3.98. The van der Waals surface area contributed by atoms with E-state index in [1.54, 1.807) is 12.1 Å². The highest BCUT2D eigenvalue weighted by Crippen LogP contribution is 2.22. The molecule has 0 saturated heterocycles. The number of nitrogens with one attached hydrogen (secondary N) is 1. The van der Waals surface area contributed by atoms with E-state index in [2.05, 4.69) is 14.9 Å².